The Morgan fingerprint density at radius 1 is 1.50 bits per heavy atom. The molecule has 1 saturated heterocycles. The molecular weight excluding hydrogens is 274 g/mol. The molecule has 0 radical (unpaired) electrons. The average Bonchev–Trinajstić information content (AvgIpc) is 2.79. The van der Waals surface area contributed by atoms with Gasteiger partial charge in [0.15, 0.2) is 5.13 Å². The summed E-state index contributed by atoms with van der Waals surface area (Å²) < 4.78 is 0. The fourth-order valence-electron chi connectivity index (χ4n) is 2.51. The lowest BCUT2D eigenvalue weighted by molar-refractivity contribution is 0.0533. The fraction of sp³-hybridized carbons (Fsp3) is 0.692. The molecule has 0 aliphatic carbocycles. The summed E-state index contributed by atoms with van der Waals surface area (Å²) in [7, 11) is 0. The van der Waals surface area contributed by atoms with E-state index in [1.807, 2.05) is 11.8 Å². The Balaban J connectivity index is 2.08. The predicted octanol–water partition coefficient (Wildman–Crippen LogP) is 1.32. The number of piperazine rings is 1. The quantitative estimate of drug-likeness (QED) is 0.877. The van der Waals surface area contributed by atoms with Gasteiger partial charge in [0.2, 0.25) is 0 Å². The summed E-state index contributed by atoms with van der Waals surface area (Å²) in [6.07, 6.45) is 0. The van der Waals surface area contributed by atoms with Crippen LogP contribution in [-0.2, 0) is 0 Å². The number of nitrogens with zero attached hydrogens (tertiary/aromatic N) is 3. The van der Waals surface area contributed by atoms with E-state index in [4.69, 9.17) is 5.73 Å². The predicted molar refractivity (Wildman–Crippen MR) is 83.3 cm³/mol. The summed E-state index contributed by atoms with van der Waals surface area (Å²) in [5.74, 6) is 0.341. The Hall–Kier alpha value is -1.34. The molecule has 7 heteroatoms. The second-order valence-corrected chi connectivity index (χ2v) is 5.99. The first kappa shape index (κ1) is 15.1. The van der Waals surface area contributed by atoms with Crippen LogP contribution in [0.1, 0.15) is 30.4 Å². The van der Waals surface area contributed by atoms with E-state index in [2.05, 4.69) is 29.0 Å². The van der Waals surface area contributed by atoms with E-state index in [9.17, 15) is 4.79 Å². The topological polar surface area (TPSA) is 74.5 Å². The summed E-state index contributed by atoms with van der Waals surface area (Å²) in [6, 6.07) is 0.389. The number of rotatable bonds is 4. The lowest BCUT2D eigenvalue weighted by Crippen LogP contribution is -2.53. The van der Waals surface area contributed by atoms with Crippen LogP contribution in [0.25, 0.3) is 0 Å². The summed E-state index contributed by atoms with van der Waals surface area (Å²) in [5.41, 5.74) is 5.87. The van der Waals surface area contributed by atoms with Crippen LogP contribution in [0.5, 0.6) is 0 Å². The van der Waals surface area contributed by atoms with Gasteiger partial charge in [-0.1, -0.05) is 18.3 Å². The fourth-order valence-corrected chi connectivity index (χ4v) is 3.43. The number of hydrogen-bond donors (Lipinski definition) is 2. The smallest absolute Gasteiger partial charge is 0.267 e. The molecule has 0 saturated carbocycles. The molecule has 1 unspecified atom stereocenters. The summed E-state index contributed by atoms with van der Waals surface area (Å²) in [5, 5.41) is 3.82. The van der Waals surface area contributed by atoms with Crippen molar-refractivity contribution in [3.05, 3.63) is 4.88 Å². The standard InChI is InChI=1S/C13H23N5OS/c1-4-15-13-16-11(14)10(20-13)12(19)18-7-6-17(5-2)9(3)8-18/h9H,4-8,14H2,1-3H3,(H,15,16). The molecule has 1 amide bonds. The number of nitrogen functional groups attached to an aromatic ring is 1. The second-order valence-electron chi connectivity index (χ2n) is 4.99. The maximum atomic E-state index is 12.5. The molecule has 2 heterocycles. The van der Waals surface area contributed by atoms with Crippen LogP contribution in [0.3, 0.4) is 0 Å². The Morgan fingerprint density at radius 2 is 2.25 bits per heavy atom. The van der Waals surface area contributed by atoms with E-state index in [1.165, 1.54) is 11.3 Å². The number of nitrogens with one attached hydrogen (secondary N) is 1. The number of carbonyl (C=O) groups excluding carboxylic acids is 1. The Kier molecular flexibility index (Phi) is 4.82. The average molecular weight is 297 g/mol. The summed E-state index contributed by atoms with van der Waals surface area (Å²) in [4.78, 5) is 21.6. The number of thiazole rings is 1. The van der Waals surface area contributed by atoms with Gasteiger partial charge in [0.05, 0.1) is 0 Å². The number of carbonyl (C=O) groups is 1. The van der Waals surface area contributed by atoms with Gasteiger partial charge in [-0.15, -0.1) is 0 Å². The van der Waals surface area contributed by atoms with E-state index in [0.29, 0.717) is 21.9 Å². The molecule has 20 heavy (non-hydrogen) atoms. The van der Waals surface area contributed by atoms with Crippen molar-refractivity contribution in [3.8, 4) is 0 Å². The van der Waals surface area contributed by atoms with Gasteiger partial charge in [-0.2, -0.15) is 0 Å². The number of nitrogens with two attached hydrogens (primary N) is 1. The molecule has 6 nitrogen and oxygen atoms in total. The van der Waals surface area contributed by atoms with Gasteiger partial charge in [-0.3, -0.25) is 9.69 Å². The van der Waals surface area contributed by atoms with Crippen LogP contribution in [-0.4, -0.2) is 59.5 Å². The zero-order valence-electron chi connectivity index (χ0n) is 12.3. The van der Waals surface area contributed by atoms with Gasteiger partial charge < -0.3 is 16.0 Å². The Labute approximate surface area is 124 Å². The minimum absolute atomic E-state index is 0.00626. The molecule has 3 N–H and O–H groups in total. The van der Waals surface area contributed by atoms with E-state index >= 15 is 0 Å². The van der Waals surface area contributed by atoms with Gasteiger partial charge in [-0.05, 0) is 20.4 Å². The third kappa shape index (κ3) is 3.04. The molecule has 0 aromatic carbocycles. The van der Waals surface area contributed by atoms with Gasteiger partial charge in [-0.25, -0.2) is 4.98 Å². The molecule has 1 aliphatic heterocycles. The molecule has 0 bridgehead atoms. The summed E-state index contributed by atoms with van der Waals surface area (Å²) >= 11 is 1.34. The van der Waals surface area contributed by atoms with Crippen molar-refractivity contribution in [2.75, 3.05) is 43.8 Å². The lowest BCUT2D eigenvalue weighted by Gasteiger charge is -2.39. The molecule has 1 atom stereocenters. The number of likely N-dealkylation sites (N-methyl/N-ethyl adjacent to an activating group) is 1. The van der Waals surface area contributed by atoms with E-state index in [1.54, 1.807) is 0 Å². The Morgan fingerprint density at radius 3 is 2.85 bits per heavy atom. The zero-order chi connectivity index (χ0) is 14.7. The van der Waals surface area contributed by atoms with Gasteiger partial charge in [0, 0.05) is 32.2 Å². The van der Waals surface area contributed by atoms with Crippen molar-refractivity contribution < 1.29 is 4.79 Å². The lowest BCUT2D eigenvalue weighted by atomic mass is 10.2. The molecule has 2 rings (SSSR count). The minimum Gasteiger partial charge on any atom is -0.382 e. The first-order valence-corrected chi connectivity index (χ1v) is 7.91. The first-order chi connectivity index (χ1) is 9.56. The largest absolute Gasteiger partial charge is 0.382 e. The van der Waals surface area contributed by atoms with Crippen LogP contribution < -0.4 is 11.1 Å². The van der Waals surface area contributed by atoms with E-state index < -0.39 is 0 Å². The number of hydrogen-bond acceptors (Lipinski definition) is 6. The third-order valence-electron chi connectivity index (χ3n) is 3.63. The van der Waals surface area contributed by atoms with Crippen molar-refractivity contribution in [2.45, 2.75) is 26.8 Å². The Bertz CT molecular complexity index is 475. The molecule has 112 valence electrons. The molecular formula is C13H23N5OS. The number of anilines is 2. The highest BCUT2D eigenvalue weighted by atomic mass is 32.1. The summed E-state index contributed by atoms with van der Waals surface area (Å²) in [6.45, 7) is 10.5. The highest BCUT2D eigenvalue weighted by Crippen LogP contribution is 2.27. The molecule has 1 aromatic heterocycles. The maximum absolute atomic E-state index is 12.5. The first-order valence-electron chi connectivity index (χ1n) is 7.10. The molecule has 1 aromatic rings. The van der Waals surface area contributed by atoms with Crippen molar-refractivity contribution in [2.24, 2.45) is 0 Å². The number of amides is 1. The maximum Gasteiger partial charge on any atom is 0.267 e. The van der Waals surface area contributed by atoms with Crippen LogP contribution >= 0.6 is 11.3 Å². The van der Waals surface area contributed by atoms with E-state index in [0.717, 1.165) is 32.7 Å². The third-order valence-corrected chi connectivity index (χ3v) is 4.65. The van der Waals surface area contributed by atoms with Crippen LogP contribution in [0.4, 0.5) is 10.9 Å². The molecule has 1 fully saturated rings. The van der Waals surface area contributed by atoms with Gasteiger partial charge in [0.1, 0.15) is 10.7 Å². The van der Waals surface area contributed by atoms with Crippen molar-refractivity contribution >= 4 is 28.2 Å². The molecule has 0 spiro atoms. The minimum atomic E-state index is 0.00626. The van der Waals surface area contributed by atoms with Crippen LogP contribution in [0, 0.1) is 0 Å². The zero-order valence-corrected chi connectivity index (χ0v) is 13.2. The van der Waals surface area contributed by atoms with Gasteiger partial charge >= 0.3 is 0 Å². The van der Waals surface area contributed by atoms with Crippen molar-refractivity contribution in [1.82, 2.24) is 14.8 Å². The van der Waals surface area contributed by atoms with E-state index in [-0.39, 0.29) is 5.91 Å². The van der Waals surface area contributed by atoms with Crippen molar-refractivity contribution in [3.63, 3.8) is 0 Å². The van der Waals surface area contributed by atoms with Crippen LogP contribution in [0.15, 0.2) is 0 Å². The van der Waals surface area contributed by atoms with Crippen molar-refractivity contribution in [1.29, 1.82) is 0 Å². The molecule has 1 aliphatic rings. The van der Waals surface area contributed by atoms with Gasteiger partial charge in [0.25, 0.3) is 5.91 Å². The monoisotopic (exact) mass is 297 g/mol. The normalized spacial score (nSPS) is 20.1. The number of aromatic nitrogens is 1. The second kappa shape index (κ2) is 6.41. The highest BCUT2D eigenvalue weighted by molar-refractivity contribution is 7.18. The SMILES string of the molecule is CCNc1nc(N)c(C(=O)N2CCN(CC)C(C)C2)s1. The van der Waals surface area contributed by atoms with Crippen LogP contribution in [0.2, 0.25) is 0 Å². The highest BCUT2D eigenvalue weighted by Gasteiger charge is 2.28.